The van der Waals surface area contributed by atoms with Gasteiger partial charge in [0.25, 0.3) is 5.78 Å². The average Bonchev–Trinajstić information content (AvgIpc) is 3.48. The first-order chi connectivity index (χ1) is 16.6. The second-order valence-electron chi connectivity index (χ2n) is 8.57. The van der Waals surface area contributed by atoms with Crippen molar-refractivity contribution in [2.75, 3.05) is 12.0 Å². The Bertz CT molecular complexity index is 1230. The fourth-order valence-corrected chi connectivity index (χ4v) is 5.73. The summed E-state index contributed by atoms with van der Waals surface area (Å²) in [6.45, 7) is 0. The summed E-state index contributed by atoms with van der Waals surface area (Å²) in [5.74, 6) is -0.751. The summed E-state index contributed by atoms with van der Waals surface area (Å²) >= 11 is 1.31. The van der Waals surface area contributed by atoms with Crippen LogP contribution in [0.4, 0.5) is 5.13 Å². The maximum atomic E-state index is 13.3. The standard InChI is InChI=1S/C26H25N3O4S/c1-33-18-12-10-17(11-13-18)23(30)21-22(16-7-3-2-4-8-16)29(25(32)24(21)31)26-28-20(15-34-26)19-9-5-6-14-27-19/h5-6,9-16,22,30H,2-4,7-8H2,1H3/b23-21-. The normalized spacial score (nSPS) is 20.6. The van der Waals surface area contributed by atoms with Gasteiger partial charge >= 0.3 is 5.91 Å². The molecule has 0 spiro atoms. The maximum absolute atomic E-state index is 13.3. The Morgan fingerprint density at radius 1 is 1.06 bits per heavy atom. The van der Waals surface area contributed by atoms with Crippen molar-refractivity contribution in [3.05, 3.63) is 65.2 Å². The zero-order chi connectivity index (χ0) is 23.7. The molecule has 174 valence electrons. The number of methoxy groups -OCH3 is 1. The molecule has 1 unspecified atom stereocenters. The van der Waals surface area contributed by atoms with Crippen molar-refractivity contribution in [3.63, 3.8) is 0 Å². The Morgan fingerprint density at radius 2 is 1.82 bits per heavy atom. The van der Waals surface area contributed by atoms with Gasteiger partial charge in [-0.3, -0.25) is 19.5 Å². The minimum atomic E-state index is -0.668. The highest BCUT2D eigenvalue weighted by atomic mass is 32.1. The molecule has 0 radical (unpaired) electrons. The summed E-state index contributed by atoms with van der Waals surface area (Å²) < 4.78 is 5.20. The number of rotatable bonds is 5. The van der Waals surface area contributed by atoms with Gasteiger partial charge in [-0.15, -0.1) is 11.3 Å². The quantitative estimate of drug-likeness (QED) is 0.315. The van der Waals surface area contributed by atoms with E-state index in [0.717, 1.165) is 32.1 Å². The molecule has 1 aliphatic carbocycles. The van der Waals surface area contributed by atoms with E-state index in [1.807, 2.05) is 23.6 Å². The van der Waals surface area contributed by atoms with Gasteiger partial charge in [-0.25, -0.2) is 4.98 Å². The number of anilines is 1. The van der Waals surface area contributed by atoms with Crippen molar-refractivity contribution in [3.8, 4) is 17.1 Å². The van der Waals surface area contributed by atoms with Crippen LogP contribution >= 0.6 is 11.3 Å². The molecule has 2 aromatic heterocycles. The number of ketones is 1. The van der Waals surface area contributed by atoms with E-state index in [-0.39, 0.29) is 17.3 Å². The van der Waals surface area contributed by atoms with Gasteiger partial charge in [-0.05, 0) is 55.2 Å². The molecule has 1 aliphatic heterocycles. The molecule has 1 aromatic carbocycles. The number of hydrogen-bond donors (Lipinski definition) is 1. The van der Waals surface area contributed by atoms with Crippen LogP contribution in [0.1, 0.15) is 37.7 Å². The van der Waals surface area contributed by atoms with E-state index in [4.69, 9.17) is 4.74 Å². The van der Waals surface area contributed by atoms with Crippen LogP contribution in [-0.2, 0) is 9.59 Å². The third-order valence-corrected chi connectivity index (χ3v) is 7.41. The molecule has 1 amide bonds. The molecule has 3 aromatic rings. The van der Waals surface area contributed by atoms with E-state index in [1.54, 1.807) is 37.6 Å². The summed E-state index contributed by atoms with van der Waals surface area (Å²) in [7, 11) is 1.57. The lowest BCUT2D eigenvalue weighted by Gasteiger charge is -2.32. The van der Waals surface area contributed by atoms with Crippen LogP contribution in [0, 0.1) is 5.92 Å². The number of thiazole rings is 1. The van der Waals surface area contributed by atoms with Gasteiger partial charge in [0.1, 0.15) is 17.2 Å². The zero-order valence-electron chi connectivity index (χ0n) is 18.8. The lowest BCUT2D eigenvalue weighted by Crippen LogP contribution is -2.40. The van der Waals surface area contributed by atoms with Crippen molar-refractivity contribution in [1.29, 1.82) is 0 Å². The molecule has 7 nitrogen and oxygen atoms in total. The van der Waals surface area contributed by atoms with E-state index in [2.05, 4.69) is 9.97 Å². The number of pyridine rings is 1. The first kappa shape index (κ1) is 22.3. The number of amides is 1. The largest absolute Gasteiger partial charge is 0.507 e. The van der Waals surface area contributed by atoms with Crippen LogP contribution in [0.15, 0.2) is 59.6 Å². The van der Waals surface area contributed by atoms with Crippen molar-refractivity contribution >= 4 is 33.9 Å². The van der Waals surface area contributed by atoms with Gasteiger partial charge in [0.2, 0.25) is 0 Å². The fourth-order valence-electron chi connectivity index (χ4n) is 4.88. The molecule has 1 saturated heterocycles. The molecule has 5 rings (SSSR count). The van der Waals surface area contributed by atoms with Crippen molar-refractivity contribution in [2.45, 2.75) is 38.1 Å². The van der Waals surface area contributed by atoms with Gasteiger partial charge in [0.05, 0.1) is 24.4 Å². The van der Waals surface area contributed by atoms with Gasteiger partial charge in [-0.2, -0.15) is 0 Å². The van der Waals surface area contributed by atoms with Crippen molar-refractivity contribution < 1.29 is 19.4 Å². The Morgan fingerprint density at radius 3 is 2.50 bits per heavy atom. The van der Waals surface area contributed by atoms with Crippen LogP contribution < -0.4 is 9.64 Å². The lowest BCUT2D eigenvalue weighted by atomic mass is 9.80. The summed E-state index contributed by atoms with van der Waals surface area (Å²) in [5.41, 5.74) is 2.00. The molecule has 2 aliphatic rings. The first-order valence-electron chi connectivity index (χ1n) is 11.4. The predicted molar refractivity (Wildman–Crippen MR) is 131 cm³/mol. The number of aliphatic hydroxyl groups is 1. The van der Waals surface area contributed by atoms with E-state index >= 15 is 0 Å². The highest BCUT2D eigenvalue weighted by Gasteiger charge is 2.50. The Hall–Kier alpha value is -3.52. The van der Waals surface area contributed by atoms with Crippen LogP contribution in [0.25, 0.3) is 17.1 Å². The monoisotopic (exact) mass is 475 g/mol. The van der Waals surface area contributed by atoms with E-state index < -0.39 is 17.7 Å². The minimum absolute atomic E-state index is 0.0711. The van der Waals surface area contributed by atoms with Crippen LogP contribution in [0.3, 0.4) is 0 Å². The second kappa shape index (κ2) is 9.38. The summed E-state index contributed by atoms with van der Waals surface area (Å²) in [6.07, 6.45) is 6.67. The predicted octanol–water partition coefficient (Wildman–Crippen LogP) is 5.05. The topological polar surface area (TPSA) is 92.6 Å². The number of carbonyl (C=O) groups is 2. The summed E-state index contributed by atoms with van der Waals surface area (Å²) in [4.78, 5) is 37.1. The highest BCUT2D eigenvalue weighted by molar-refractivity contribution is 7.14. The minimum Gasteiger partial charge on any atom is -0.507 e. The first-order valence-corrected chi connectivity index (χ1v) is 12.3. The molecule has 1 N–H and O–H groups in total. The molecule has 3 heterocycles. The maximum Gasteiger partial charge on any atom is 0.301 e. The van der Waals surface area contributed by atoms with E-state index in [0.29, 0.717) is 27.8 Å². The molecule has 8 heteroatoms. The number of nitrogens with zero attached hydrogens (tertiary/aromatic N) is 3. The summed E-state index contributed by atoms with van der Waals surface area (Å²) in [6, 6.07) is 11.9. The number of carbonyl (C=O) groups excluding carboxylic acids is 2. The van der Waals surface area contributed by atoms with Crippen molar-refractivity contribution in [1.82, 2.24) is 9.97 Å². The van der Waals surface area contributed by atoms with Crippen LogP contribution in [0.5, 0.6) is 5.75 Å². The van der Waals surface area contributed by atoms with E-state index in [1.165, 1.54) is 16.2 Å². The Balaban J connectivity index is 1.59. The van der Waals surface area contributed by atoms with Crippen LogP contribution in [0.2, 0.25) is 0 Å². The second-order valence-corrected chi connectivity index (χ2v) is 9.40. The smallest absolute Gasteiger partial charge is 0.301 e. The summed E-state index contributed by atoms with van der Waals surface area (Å²) in [5, 5.41) is 13.5. The van der Waals surface area contributed by atoms with Gasteiger partial charge in [0, 0.05) is 17.1 Å². The number of hydrogen-bond acceptors (Lipinski definition) is 7. The zero-order valence-corrected chi connectivity index (χ0v) is 19.6. The fraction of sp³-hybridized carbons (Fsp3) is 0.308. The number of Topliss-reactive ketones (excluding diaryl/α,β-unsaturated/α-hetero) is 1. The molecular formula is C26H25N3O4S. The Kier molecular flexibility index (Phi) is 6.15. The molecule has 1 saturated carbocycles. The molecule has 2 fully saturated rings. The SMILES string of the molecule is COc1ccc(/C(O)=C2/C(=O)C(=O)N(c3nc(-c4ccccn4)cs3)C2C2CCCCC2)cc1. The molecule has 1 atom stereocenters. The van der Waals surface area contributed by atoms with Crippen LogP contribution in [-0.4, -0.2) is 39.9 Å². The molecular weight excluding hydrogens is 450 g/mol. The van der Waals surface area contributed by atoms with Gasteiger partial charge < -0.3 is 9.84 Å². The highest BCUT2D eigenvalue weighted by Crippen LogP contribution is 2.42. The van der Waals surface area contributed by atoms with Crippen molar-refractivity contribution in [2.24, 2.45) is 5.92 Å². The van der Waals surface area contributed by atoms with E-state index in [9.17, 15) is 14.7 Å². The van der Waals surface area contributed by atoms with Gasteiger partial charge in [0.15, 0.2) is 5.13 Å². The molecule has 0 bridgehead atoms. The third-order valence-electron chi connectivity index (χ3n) is 6.57. The Labute approximate surface area is 201 Å². The third kappa shape index (κ3) is 3.98. The van der Waals surface area contributed by atoms with Gasteiger partial charge in [-0.1, -0.05) is 25.3 Å². The lowest BCUT2D eigenvalue weighted by molar-refractivity contribution is -0.132. The number of aliphatic hydroxyl groups excluding tert-OH is 1. The number of aromatic nitrogens is 2. The molecule has 34 heavy (non-hydrogen) atoms. The average molecular weight is 476 g/mol. The number of benzene rings is 1. The number of ether oxygens (including phenoxy) is 1.